The van der Waals surface area contributed by atoms with Crippen LogP contribution in [-0.4, -0.2) is 41.2 Å². The van der Waals surface area contributed by atoms with Gasteiger partial charge in [-0.3, -0.25) is 10.1 Å². The van der Waals surface area contributed by atoms with Crippen LogP contribution in [0.3, 0.4) is 0 Å². The van der Waals surface area contributed by atoms with E-state index in [4.69, 9.17) is 9.84 Å². The lowest BCUT2D eigenvalue weighted by Gasteiger charge is -2.27. The first kappa shape index (κ1) is 20.3. The maximum Gasteiger partial charge on any atom is 0.507 e. The maximum atomic E-state index is 13.3. The van der Waals surface area contributed by atoms with Gasteiger partial charge < -0.3 is 9.84 Å². The Morgan fingerprint density at radius 1 is 1.07 bits per heavy atom. The molecule has 2 aliphatic rings. The molecule has 0 amide bonds. The van der Waals surface area contributed by atoms with Crippen LogP contribution in [-0.2, 0) is 14.8 Å². The van der Waals surface area contributed by atoms with Crippen LogP contribution >= 0.6 is 0 Å². The number of ether oxygens (including phenoxy) is 1. The average Bonchev–Trinajstić information content (AvgIpc) is 3.28. The van der Waals surface area contributed by atoms with Gasteiger partial charge >= 0.3 is 6.16 Å². The van der Waals surface area contributed by atoms with E-state index in [1.807, 2.05) is 0 Å². The molecule has 2 aromatic carbocycles. The molecule has 158 valence electrons. The van der Waals surface area contributed by atoms with Gasteiger partial charge in [0.2, 0.25) is 10.0 Å². The summed E-state index contributed by atoms with van der Waals surface area (Å²) in [7, 11) is -3.95. The molecule has 1 N–H and O–H groups in total. The number of sulfonamides is 1. The highest BCUT2D eigenvalue weighted by atomic mass is 32.2. The lowest BCUT2D eigenvalue weighted by Crippen LogP contribution is -2.43. The van der Waals surface area contributed by atoms with Gasteiger partial charge in [0.05, 0.1) is 9.82 Å². The van der Waals surface area contributed by atoms with Crippen LogP contribution in [0, 0.1) is 16.0 Å². The van der Waals surface area contributed by atoms with Gasteiger partial charge in [-0.1, -0.05) is 18.6 Å². The Balaban J connectivity index is 1.62. The molecule has 3 unspecified atom stereocenters. The molecule has 2 fully saturated rings. The van der Waals surface area contributed by atoms with Crippen molar-refractivity contribution < 1.29 is 28.0 Å². The van der Waals surface area contributed by atoms with Crippen molar-refractivity contribution in [3.63, 3.8) is 0 Å². The monoisotopic (exact) mass is 432 g/mol. The molecule has 4 rings (SSSR count). The molecule has 1 aliphatic carbocycles. The van der Waals surface area contributed by atoms with Crippen LogP contribution in [0.5, 0.6) is 0 Å². The van der Waals surface area contributed by atoms with Crippen LogP contribution in [0.4, 0.5) is 10.5 Å². The number of non-ortho nitro benzene ring substituents is 1. The summed E-state index contributed by atoms with van der Waals surface area (Å²) < 4.78 is 32.8. The van der Waals surface area contributed by atoms with Gasteiger partial charge in [-0.15, -0.1) is 0 Å². The van der Waals surface area contributed by atoms with Crippen molar-refractivity contribution in [2.45, 2.75) is 42.8 Å². The minimum Gasteiger partial charge on any atom is -0.450 e. The van der Waals surface area contributed by atoms with Crippen molar-refractivity contribution in [1.82, 2.24) is 4.31 Å². The Morgan fingerprint density at radius 2 is 1.67 bits per heavy atom. The Morgan fingerprint density at radius 3 is 2.23 bits per heavy atom. The van der Waals surface area contributed by atoms with Crippen LogP contribution in [0.15, 0.2) is 53.4 Å². The minimum absolute atomic E-state index is 0.0254. The first-order chi connectivity index (χ1) is 14.3. The van der Waals surface area contributed by atoms with E-state index in [0.717, 1.165) is 12.8 Å². The molecule has 0 bridgehead atoms. The fraction of sp³-hybridized carbons (Fsp3) is 0.350. The molecule has 1 aliphatic heterocycles. The lowest BCUT2D eigenvalue weighted by atomic mass is 10.0. The van der Waals surface area contributed by atoms with Crippen molar-refractivity contribution >= 4 is 21.9 Å². The number of nitrogens with zero attached hydrogens (tertiary/aromatic N) is 2. The highest BCUT2D eigenvalue weighted by Crippen LogP contribution is 2.44. The third-order valence-electron chi connectivity index (χ3n) is 5.81. The van der Waals surface area contributed by atoms with E-state index in [9.17, 15) is 23.3 Å². The van der Waals surface area contributed by atoms with Gasteiger partial charge in [-0.25, -0.2) is 13.2 Å². The summed E-state index contributed by atoms with van der Waals surface area (Å²) in [4.78, 5) is 21.4. The topological polar surface area (TPSA) is 127 Å². The van der Waals surface area contributed by atoms with Gasteiger partial charge in [0, 0.05) is 24.6 Å². The molecule has 3 atom stereocenters. The van der Waals surface area contributed by atoms with Gasteiger partial charge in [0.1, 0.15) is 0 Å². The number of fused-ring (bicyclic) bond motifs is 1. The smallest absolute Gasteiger partial charge is 0.450 e. The van der Waals surface area contributed by atoms with Gasteiger partial charge in [-0.2, -0.15) is 4.31 Å². The molecule has 1 saturated heterocycles. The Hall–Kier alpha value is -2.98. The van der Waals surface area contributed by atoms with E-state index >= 15 is 0 Å². The summed E-state index contributed by atoms with van der Waals surface area (Å²) in [6.07, 6.45) is 0.308. The summed E-state index contributed by atoms with van der Waals surface area (Å²) in [6, 6.07) is 11.9. The molecule has 2 aromatic rings. The second kappa shape index (κ2) is 7.69. The number of benzene rings is 2. The zero-order valence-corrected chi connectivity index (χ0v) is 16.7. The van der Waals surface area contributed by atoms with Crippen LogP contribution in [0.2, 0.25) is 0 Å². The third kappa shape index (κ3) is 3.63. The van der Waals surface area contributed by atoms with E-state index in [0.29, 0.717) is 24.0 Å². The second-order valence-electron chi connectivity index (χ2n) is 7.50. The van der Waals surface area contributed by atoms with Crippen molar-refractivity contribution in [3.8, 4) is 11.1 Å². The molecular weight excluding hydrogens is 412 g/mol. The first-order valence-electron chi connectivity index (χ1n) is 9.55. The number of nitro groups is 1. The van der Waals surface area contributed by atoms with E-state index < -0.39 is 27.3 Å². The predicted molar refractivity (Wildman–Crippen MR) is 106 cm³/mol. The SMILES string of the molecule is O=C(O)OC1CC2CCCC2N1S(=O)(=O)c1ccc(-c2ccc([N+](=O)[O-])cc2)cc1. The zero-order valence-electron chi connectivity index (χ0n) is 15.9. The van der Waals surface area contributed by atoms with Crippen molar-refractivity contribution in [2.24, 2.45) is 5.92 Å². The zero-order chi connectivity index (χ0) is 21.5. The molecule has 1 heterocycles. The molecule has 1 saturated carbocycles. The van der Waals surface area contributed by atoms with Crippen LogP contribution < -0.4 is 0 Å². The van der Waals surface area contributed by atoms with E-state index in [2.05, 4.69) is 0 Å². The average molecular weight is 432 g/mol. The Labute approximate surface area is 173 Å². The second-order valence-corrected chi connectivity index (χ2v) is 9.34. The highest BCUT2D eigenvalue weighted by Gasteiger charge is 2.51. The Bertz CT molecular complexity index is 1070. The number of carbonyl (C=O) groups is 1. The molecular formula is C20H20N2O7S. The summed E-state index contributed by atoms with van der Waals surface area (Å²) in [5, 5.41) is 19.8. The van der Waals surface area contributed by atoms with Crippen molar-refractivity contribution in [3.05, 3.63) is 58.6 Å². The predicted octanol–water partition coefficient (Wildman–Crippen LogP) is 3.85. The molecule has 0 spiro atoms. The van der Waals surface area contributed by atoms with Crippen molar-refractivity contribution in [2.75, 3.05) is 0 Å². The number of carboxylic acid groups (broad SMARTS) is 1. The quantitative estimate of drug-likeness (QED) is 0.432. The number of rotatable bonds is 5. The standard InChI is InChI=1S/C20H20N2O7S/c23-20(24)29-19-12-15-2-1-3-18(15)21(19)30(27,28)17-10-6-14(7-11-17)13-4-8-16(9-5-13)22(25)26/h4-11,15,18-19H,1-3,12H2,(H,23,24). The Kier molecular flexibility index (Phi) is 5.20. The number of nitro benzene ring substituents is 1. The van der Waals surface area contributed by atoms with Crippen molar-refractivity contribution in [1.29, 1.82) is 0 Å². The minimum atomic E-state index is -3.95. The van der Waals surface area contributed by atoms with E-state index in [1.54, 1.807) is 24.3 Å². The molecule has 0 radical (unpaired) electrons. The van der Waals surface area contributed by atoms with Crippen LogP contribution in [0.1, 0.15) is 25.7 Å². The largest absolute Gasteiger partial charge is 0.507 e. The summed E-state index contributed by atoms with van der Waals surface area (Å²) in [5.74, 6) is 0.100. The highest BCUT2D eigenvalue weighted by molar-refractivity contribution is 7.89. The molecule has 30 heavy (non-hydrogen) atoms. The summed E-state index contributed by atoms with van der Waals surface area (Å²) >= 11 is 0. The van der Waals surface area contributed by atoms with E-state index in [-0.39, 0.29) is 22.5 Å². The molecule has 9 nitrogen and oxygen atoms in total. The number of hydrogen-bond acceptors (Lipinski definition) is 6. The normalized spacial score (nSPS) is 23.8. The summed E-state index contributed by atoms with van der Waals surface area (Å²) in [5.41, 5.74) is 1.40. The van der Waals surface area contributed by atoms with E-state index in [1.165, 1.54) is 28.6 Å². The fourth-order valence-corrected chi connectivity index (χ4v) is 6.27. The fourth-order valence-electron chi connectivity index (χ4n) is 4.47. The van der Waals surface area contributed by atoms with Crippen LogP contribution in [0.25, 0.3) is 11.1 Å². The maximum absolute atomic E-state index is 13.3. The van der Waals surface area contributed by atoms with Gasteiger partial charge in [0.25, 0.3) is 5.69 Å². The number of hydrogen-bond donors (Lipinski definition) is 1. The summed E-state index contributed by atoms with van der Waals surface area (Å²) in [6.45, 7) is 0. The molecule has 0 aromatic heterocycles. The van der Waals surface area contributed by atoms with Gasteiger partial charge in [-0.05, 0) is 54.2 Å². The lowest BCUT2D eigenvalue weighted by molar-refractivity contribution is -0.384. The third-order valence-corrected chi connectivity index (χ3v) is 7.74. The van der Waals surface area contributed by atoms with Gasteiger partial charge in [0.15, 0.2) is 6.23 Å². The molecule has 10 heteroatoms. The first-order valence-corrected chi connectivity index (χ1v) is 11.0.